The van der Waals surface area contributed by atoms with Crippen LogP contribution in [-0.4, -0.2) is 34.2 Å². The first-order chi connectivity index (χ1) is 13.4. The Labute approximate surface area is 158 Å². The maximum absolute atomic E-state index is 12.4. The van der Waals surface area contributed by atoms with E-state index in [9.17, 15) is 19.2 Å². The van der Waals surface area contributed by atoms with Crippen molar-refractivity contribution in [1.29, 1.82) is 0 Å². The third-order valence-electron chi connectivity index (χ3n) is 4.39. The molecule has 0 unspecified atom stereocenters. The number of amides is 2. The SMILES string of the molecule is CCN1C(=O)c2ccc(-c3nc4ccc(OC(C)=O)cc4c(=O)o3)cc2C1=O. The first-order valence-electron chi connectivity index (χ1n) is 8.53. The molecule has 8 heteroatoms. The first kappa shape index (κ1) is 17.6. The van der Waals surface area contributed by atoms with Crippen LogP contribution >= 0.6 is 0 Å². The molecule has 0 bridgehead atoms. The number of rotatable bonds is 3. The van der Waals surface area contributed by atoms with Gasteiger partial charge in [0.1, 0.15) is 5.75 Å². The van der Waals surface area contributed by atoms with Gasteiger partial charge in [0.25, 0.3) is 11.8 Å². The van der Waals surface area contributed by atoms with Crippen molar-refractivity contribution in [3.63, 3.8) is 0 Å². The van der Waals surface area contributed by atoms with Gasteiger partial charge in [-0.2, -0.15) is 0 Å². The second-order valence-electron chi connectivity index (χ2n) is 6.19. The van der Waals surface area contributed by atoms with Crippen LogP contribution in [0.25, 0.3) is 22.4 Å². The third-order valence-corrected chi connectivity index (χ3v) is 4.39. The van der Waals surface area contributed by atoms with Gasteiger partial charge in [-0.3, -0.25) is 19.3 Å². The lowest BCUT2D eigenvalue weighted by Gasteiger charge is -2.08. The third kappa shape index (κ3) is 2.75. The molecule has 0 N–H and O–H groups in total. The highest BCUT2D eigenvalue weighted by Gasteiger charge is 2.34. The molecule has 0 fully saturated rings. The van der Waals surface area contributed by atoms with E-state index in [4.69, 9.17) is 9.15 Å². The van der Waals surface area contributed by atoms with Gasteiger partial charge in [0.2, 0.25) is 5.89 Å². The van der Waals surface area contributed by atoms with Gasteiger partial charge in [-0.1, -0.05) is 0 Å². The molecule has 8 nitrogen and oxygen atoms in total. The monoisotopic (exact) mass is 378 g/mol. The van der Waals surface area contributed by atoms with E-state index in [-0.39, 0.29) is 35.0 Å². The smallest absolute Gasteiger partial charge is 0.347 e. The summed E-state index contributed by atoms with van der Waals surface area (Å²) in [7, 11) is 0. The van der Waals surface area contributed by atoms with Crippen LogP contribution in [0.3, 0.4) is 0 Å². The second kappa shape index (κ2) is 6.41. The normalized spacial score (nSPS) is 13.1. The van der Waals surface area contributed by atoms with E-state index in [1.54, 1.807) is 13.0 Å². The maximum atomic E-state index is 12.4. The highest BCUT2D eigenvalue weighted by atomic mass is 16.5. The molecule has 28 heavy (non-hydrogen) atoms. The van der Waals surface area contributed by atoms with Gasteiger partial charge in [-0.05, 0) is 43.3 Å². The lowest BCUT2D eigenvalue weighted by atomic mass is 10.1. The fourth-order valence-corrected chi connectivity index (χ4v) is 3.12. The number of carbonyl (C=O) groups is 3. The number of hydrogen-bond donors (Lipinski definition) is 0. The molecule has 0 spiro atoms. The summed E-state index contributed by atoms with van der Waals surface area (Å²) >= 11 is 0. The van der Waals surface area contributed by atoms with E-state index in [2.05, 4.69) is 4.98 Å². The summed E-state index contributed by atoms with van der Waals surface area (Å²) in [6.07, 6.45) is 0. The van der Waals surface area contributed by atoms with Gasteiger partial charge in [0, 0.05) is 19.0 Å². The number of imide groups is 1. The zero-order chi connectivity index (χ0) is 20.0. The molecule has 2 heterocycles. The maximum Gasteiger partial charge on any atom is 0.347 e. The van der Waals surface area contributed by atoms with Gasteiger partial charge >= 0.3 is 11.6 Å². The van der Waals surface area contributed by atoms with Crippen molar-refractivity contribution in [3.05, 3.63) is 57.9 Å². The van der Waals surface area contributed by atoms with Crippen molar-refractivity contribution in [1.82, 2.24) is 9.88 Å². The zero-order valence-electron chi connectivity index (χ0n) is 15.0. The number of esters is 1. The summed E-state index contributed by atoms with van der Waals surface area (Å²) in [6, 6.07) is 9.03. The molecule has 0 atom stereocenters. The average molecular weight is 378 g/mol. The average Bonchev–Trinajstić information content (AvgIpc) is 2.91. The molecule has 0 saturated heterocycles. The Morgan fingerprint density at radius 1 is 1.07 bits per heavy atom. The summed E-state index contributed by atoms with van der Waals surface area (Å²) in [5, 5.41) is 0.159. The van der Waals surface area contributed by atoms with E-state index in [0.717, 1.165) is 4.90 Å². The van der Waals surface area contributed by atoms with Crippen molar-refractivity contribution >= 4 is 28.7 Å². The predicted molar refractivity (Wildman–Crippen MR) is 98.1 cm³/mol. The standard InChI is InChI=1S/C20H14N2O6/c1-3-22-18(24)13-6-4-11(8-14(13)19(22)25)17-21-16-7-5-12(27-10(2)23)9-15(16)20(26)28-17/h4-9H,3H2,1-2H3. The summed E-state index contributed by atoms with van der Waals surface area (Å²) in [6.45, 7) is 3.25. The molecule has 2 amide bonds. The molecule has 3 aromatic rings. The molecule has 2 aromatic carbocycles. The van der Waals surface area contributed by atoms with Gasteiger partial charge in [-0.25, -0.2) is 9.78 Å². The minimum atomic E-state index is -0.660. The number of carbonyl (C=O) groups excluding carboxylic acids is 3. The number of aromatic nitrogens is 1. The Morgan fingerprint density at radius 3 is 2.54 bits per heavy atom. The van der Waals surface area contributed by atoms with Crippen LogP contribution in [-0.2, 0) is 4.79 Å². The molecule has 1 aromatic heterocycles. The summed E-state index contributed by atoms with van der Waals surface area (Å²) in [5.41, 5.74) is 0.650. The molecule has 0 aliphatic carbocycles. The van der Waals surface area contributed by atoms with Crippen LogP contribution in [0, 0.1) is 0 Å². The Morgan fingerprint density at radius 2 is 1.82 bits per heavy atom. The van der Waals surface area contributed by atoms with E-state index in [0.29, 0.717) is 16.6 Å². The largest absolute Gasteiger partial charge is 0.427 e. The number of benzene rings is 2. The molecular weight excluding hydrogens is 364 g/mol. The van der Waals surface area contributed by atoms with Crippen molar-refractivity contribution in [2.75, 3.05) is 6.54 Å². The number of hydrogen-bond acceptors (Lipinski definition) is 7. The van der Waals surface area contributed by atoms with Crippen LogP contribution in [0.15, 0.2) is 45.6 Å². The number of fused-ring (bicyclic) bond motifs is 2. The van der Waals surface area contributed by atoms with E-state index in [1.807, 2.05) is 0 Å². The molecule has 0 radical (unpaired) electrons. The van der Waals surface area contributed by atoms with Crippen molar-refractivity contribution in [2.24, 2.45) is 0 Å². The van der Waals surface area contributed by atoms with E-state index >= 15 is 0 Å². The molecule has 140 valence electrons. The van der Waals surface area contributed by atoms with Crippen molar-refractivity contribution in [2.45, 2.75) is 13.8 Å². The summed E-state index contributed by atoms with van der Waals surface area (Å²) < 4.78 is 10.3. The summed E-state index contributed by atoms with van der Waals surface area (Å²) in [5.74, 6) is -1.01. The quantitative estimate of drug-likeness (QED) is 0.391. The fraction of sp³-hybridized carbons (Fsp3) is 0.150. The first-order valence-corrected chi connectivity index (χ1v) is 8.53. The number of ether oxygens (including phenoxy) is 1. The summed E-state index contributed by atoms with van der Waals surface area (Å²) in [4.78, 5) is 53.5. The Bertz CT molecular complexity index is 1230. The van der Waals surface area contributed by atoms with Crippen LogP contribution in [0.1, 0.15) is 34.6 Å². The van der Waals surface area contributed by atoms with Crippen molar-refractivity contribution < 1.29 is 23.5 Å². The van der Waals surface area contributed by atoms with Gasteiger partial charge < -0.3 is 9.15 Å². The molecular formula is C20H14N2O6. The van der Waals surface area contributed by atoms with Crippen LogP contribution in [0.2, 0.25) is 0 Å². The molecule has 0 saturated carbocycles. The molecule has 4 rings (SSSR count). The highest BCUT2D eigenvalue weighted by molar-refractivity contribution is 6.21. The molecule has 1 aliphatic rings. The minimum absolute atomic E-state index is 0.0238. The fourth-order valence-electron chi connectivity index (χ4n) is 3.12. The van der Waals surface area contributed by atoms with Crippen LogP contribution < -0.4 is 10.4 Å². The lowest BCUT2D eigenvalue weighted by Crippen LogP contribution is -2.29. The van der Waals surface area contributed by atoms with E-state index < -0.39 is 17.5 Å². The highest BCUT2D eigenvalue weighted by Crippen LogP contribution is 2.28. The topological polar surface area (TPSA) is 107 Å². The van der Waals surface area contributed by atoms with E-state index in [1.165, 1.54) is 37.3 Å². The Hall–Kier alpha value is -3.81. The Balaban J connectivity index is 1.80. The number of nitrogens with zero attached hydrogens (tertiary/aromatic N) is 2. The minimum Gasteiger partial charge on any atom is -0.427 e. The Kier molecular flexibility index (Phi) is 4.03. The zero-order valence-corrected chi connectivity index (χ0v) is 15.0. The van der Waals surface area contributed by atoms with Crippen LogP contribution in [0.4, 0.5) is 0 Å². The predicted octanol–water partition coefficient (Wildman–Crippen LogP) is 2.40. The molecule has 1 aliphatic heterocycles. The van der Waals surface area contributed by atoms with Gasteiger partial charge in [0.05, 0.1) is 22.0 Å². The van der Waals surface area contributed by atoms with Gasteiger partial charge in [0.15, 0.2) is 0 Å². The van der Waals surface area contributed by atoms with Crippen molar-refractivity contribution in [3.8, 4) is 17.2 Å². The van der Waals surface area contributed by atoms with Gasteiger partial charge in [-0.15, -0.1) is 0 Å². The lowest BCUT2D eigenvalue weighted by molar-refractivity contribution is -0.131. The van der Waals surface area contributed by atoms with Crippen LogP contribution in [0.5, 0.6) is 5.75 Å². The second-order valence-corrected chi connectivity index (χ2v) is 6.19.